The van der Waals surface area contributed by atoms with Crippen molar-refractivity contribution in [1.29, 1.82) is 0 Å². The van der Waals surface area contributed by atoms with Gasteiger partial charge in [-0.3, -0.25) is 0 Å². The Morgan fingerprint density at radius 3 is 2.73 bits per heavy atom. The molecule has 2 aromatic rings. The maximum Gasteiger partial charge on any atom is 0.123 e. The lowest BCUT2D eigenvalue weighted by molar-refractivity contribution is 0.481. The van der Waals surface area contributed by atoms with Gasteiger partial charge in [0.1, 0.15) is 5.75 Å². The average Bonchev–Trinajstić information content (AvgIpc) is 2.20. The summed E-state index contributed by atoms with van der Waals surface area (Å²) in [6, 6.07) is 9.96. The van der Waals surface area contributed by atoms with Gasteiger partial charge in [-0.15, -0.1) is 0 Å². The maximum atomic E-state index is 9.86. The molecule has 2 rings (SSSR count). The molecule has 0 saturated heterocycles. The van der Waals surface area contributed by atoms with Gasteiger partial charge in [-0.05, 0) is 43.0 Å². The van der Waals surface area contributed by atoms with E-state index in [1.807, 2.05) is 25.1 Å². The number of aryl methyl sites for hydroxylation is 1. The van der Waals surface area contributed by atoms with Crippen LogP contribution in [0.25, 0.3) is 10.8 Å². The summed E-state index contributed by atoms with van der Waals surface area (Å²) in [5.74, 6) is 0.347. The number of hydrogen-bond donors (Lipinski definition) is 2. The first kappa shape index (κ1) is 9.99. The lowest BCUT2D eigenvalue weighted by Crippen LogP contribution is -2.02. The third-order valence-corrected chi connectivity index (χ3v) is 2.58. The quantitative estimate of drug-likeness (QED) is 0.783. The van der Waals surface area contributed by atoms with E-state index >= 15 is 0 Å². The van der Waals surface area contributed by atoms with Crippen molar-refractivity contribution in [3.63, 3.8) is 0 Å². The molecule has 0 atom stereocenters. The zero-order valence-electron chi connectivity index (χ0n) is 8.83. The highest BCUT2D eigenvalue weighted by atomic mass is 16.3. The van der Waals surface area contributed by atoms with Crippen molar-refractivity contribution in [2.75, 3.05) is 6.54 Å². The summed E-state index contributed by atoms with van der Waals surface area (Å²) >= 11 is 0. The van der Waals surface area contributed by atoms with Gasteiger partial charge in [0.05, 0.1) is 0 Å². The van der Waals surface area contributed by atoms with Crippen molar-refractivity contribution < 1.29 is 5.11 Å². The Hall–Kier alpha value is -1.54. The minimum absolute atomic E-state index is 0.347. The van der Waals surface area contributed by atoms with Crippen LogP contribution in [-0.4, -0.2) is 11.7 Å². The molecule has 0 bridgehead atoms. The second-order valence-corrected chi connectivity index (χ2v) is 3.88. The fourth-order valence-corrected chi connectivity index (χ4v) is 1.82. The lowest BCUT2D eigenvalue weighted by atomic mass is 10.0. The first-order valence-corrected chi connectivity index (χ1v) is 5.13. The maximum absolute atomic E-state index is 9.86. The fraction of sp³-hybridized carbons (Fsp3) is 0.231. The van der Waals surface area contributed by atoms with Gasteiger partial charge in [0.15, 0.2) is 0 Å². The number of rotatable bonds is 2. The Morgan fingerprint density at radius 2 is 2.00 bits per heavy atom. The van der Waals surface area contributed by atoms with Crippen molar-refractivity contribution in [3.8, 4) is 5.75 Å². The Bertz CT molecular complexity index is 491. The van der Waals surface area contributed by atoms with Crippen LogP contribution in [0.4, 0.5) is 0 Å². The van der Waals surface area contributed by atoms with Crippen molar-refractivity contribution in [2.45, 2.75) is 13.3 Å². The summed E-state index contributed by atoms with van der Waals surface area (Å²) in [7, 11) is 0. The smallest absolute Gasteiger partial charge is 0.123 e. The second-order valence-electron chi connectivity index (χ2n) is 3.88. The number of benzene rings is 2. The molecule has 0 radical (unpaired) electrons. The number of phenols is 1. The molecular formula is C13H15NO. The zero-order valence-corrected chi connectivity index (χ0v) is 8.83. The molecule has 3 N–H and O–H groups in total. The van der Waals surface area contributed by atoms with E-state index in [1.165, 1.54) is 0 Å². The Morgan fingerprint density at radius 1 is 1.20 bits per heavy atom. The van der Waals surface area contributed by atoms with Gasteiger partial charge < -0.3 is 10.8 Å². The topological polar surface area (TPSA) is 46.2 Å². The van der Waals surface area contributed by atoms with E-state index in [-0.39, 0.29) is 0 Å². The van der Waals surface area contributed by atoms with Crippen LogP contribution in [-0.2, 0) is 6.42 Å². The van der Waals surface area contributed by atoms with Crippen LogP contribution in [0.2, 0.25) is 0 Å². The molecule has 0 unspecified atom stereocenters. The van der Waals surface area contributed by atoms with E-state index in [1.54, 1.807) is 6.07 Å². The summed E-state index contributed by atoms with van der Waals surface area (Å²) in [5, 5.41) is 11.8. The Labute approximate surface area is 89.3 Å². The van der Waals surface area contributed by atoms with Gasteiger partial charge in [0, 0.05) is 5.39 Å². The predicted octanol–water partition coefficient (Wildman–Crippen LogP) is 2.36. The van der Waals surface area contributed by atoms with Gasteiger partial charge in [-0.2, -0.15) is 0 Å². The standard InChI is InChI=1S/C13H15NO/c1-9-2-3-11-7-10(4-5-14)8-13(15)12(11)6-9/h2-3,6-8,15H,4-5,14H2,1H3. The first-order valence-electron chi connectivity index (χ1n) is 5.13. The van der Waals surface area contributed by atoms with E-state index < -0.39 is 0 Å². The van der Waals surface area contributed by atoms with Crippen LogP contribution in [0.15, 0.2) is 30.3 Å². The van der Waals surface area contributed by atoms with Gasteiger partial charge in [-0.1, -0.05) is 23.8 Å². The molecule has 0 saturated carbocycles. The van der Waals surface area contributed by atoms with Crippen LogP contribution < -0.4 is 5.73 Å². The highest BCUT2D eigenvalue weighted by molar-refractivity contribution is 5.89. The second kappa shape index (κ2) is 3.91. The molecule has 0 aliphatic heterocycles. The van der Waals surface area contributed by atoms with Crippen LogP contribution in [0.1, 0.15) is 11.1 Å². The van der Waals surface area contributed by atoms with Crippen LogP contribution >= 0.6 is 0 Å². The third-order valence-electron chi connectivity index (χ3n) is 2.58. The molecule has 0 heterocycles. The lowest BCUT2D eigenvalue weighted by Gasteiger charge is -2.06. The van der Waals surface area contributed by atoms with E-state index in [4.69, 9.17) is 5.73 Å². The van der Waals surface area contributed by atoms with Crippen LogP contribution in [0.5, 0.6) is 5.75 Å². The average molecular weight is 201 g/mol. The molecule has 2 aromatic carbocycles. The van der Waals surface area contributed by atoms with Gasteiger partial charge in [0.25, 0.3) is 0 Å². The van der Waals surface area contributed by atoms with E-state index in [0.717, 1.165) is 28.3 Å². The minimum atomic E-state index is 0.347. The molecule has 0 fully saturated rings. The zero-order chi connectivity index (χ0) is 10.8. The molecule has 78 valence electrons. The molecule has 0 aliphatic carbocycles. The summed E-state index contributed by atoms with van der Waals surface area (Å²) < 4.78 is 0. The number of nitrogens with two attached hydrogens (primary N) is 1. The Kier molecular flexibility index (Phi) is 2.60. The number of aromatic hydroxyl groups is 1. The number of phenolic OH excluding ortho intramolecular Hbond substituents is 1. The van der Waals surface area contributed by atoms with Crippen molar-refractivity contribution in [1.82, 2.24) is 0 Å². The summed E-state index contributed by atoms with van der Waals surface area (Å²) in [6.07, 6.45) is 0.803. The van der Waals surface area contributed by atoms with Crippen molar-refractivity contribution in [3.05, 3.63) is 41.5 Å². The van der Waals surface area contributed by atoms with E-state index in [9.17, 15) is 5.11 Å². The minimum Gasteiger partial charge on any atom is -0.507 e. The molecule has 2 heteroatoms. The van der Waals surface area contributed by atoms with Gasteiger partial charge in [-0.25, -0.2) is 0 Å². The molecule has 0 aliphatic rings. The number of hydrogen-bond acceptors (Lipinski definition) is 2. The molecule has 0 aromatic heterocycles. The normalized spacial score (nSPS) is 10.8. The molecule has 2 nitrogen and oxygen atoms in total. The number of fused-ring (bicyclic) bond motifs is 1. The molecular weight excluding hydrogens is 186 g/mol. The van der Waals surface area contributed by atoms with E-state index in [0.29, 0.717) is 12.3 Å². The molecule has 0 amide bonds. The highest BCUT2D eigenvalue weighted by Gasteiger charge is 2.02. The third kappa shape index (κ3) is 1.95. The van der Waals surface area contributed by atoms with E-state index in [2.05, 4.69) is 6.07 Å². The predicted molar refractivity (Wildman–Crippen MR) is 63.1 cm³/mol. The van der Waals surface area contributed by atoms with Crippen LogP contribution in [0, 0.1) is 6.92 Å². The largest absolute Gasteiger partial charge is 0.507 e. The van der Waals surface area contributed by atoms with Crippen molar-refractivity contribution in [2.24, 2.45) is 5.73 Å². The summed E-state index contributed by atoms with van der Waals surface area (Å²) in [6.45, 7) is 2.63. The first-order chi connectivity index (χ1) is 7.20. The Balaban J connectivity index is 2.62. The van der Waals surface area contributed by atoms with Gasteiger partial charge >= 0.3 is 0 Å². The highest BCUT2D eigenvalue weighted by Crippen LogP contribution is 2.27. The molecule has 0 spiro atoms. The molecule has 15 heavy (non-hydrogen) atoms. The SMILES string of the molecule is Cc1ccc2cc(CCN)cc(O)c2c1. The van der Waals surface area contributed by atoms with Crippen molar-refractivity contribution >= 4 is 10.8 Å². The van der Waals surface area contributed by atoms with Gasteiger partial charge in [0.2, 0.25) is 0 Å². The van der Waals surface area contributed by atoms with Crippen LogP contribution in [0.3, 0.4) is 0 Å². The monoisotopic (exact) mass is 201 g/mol. The summed E-state index contributed by atoms with van der Waals surface area (Å²) in [5.41, 5.74) is 7.74. The fourth-order valence-electron chi connectivity index (χ4n) is 1.82. The summed E-state index contributed by atoms with van der Waals surface area (Å²) in [4.78, 5) is 0.